The second kappa shape index (κ2) is 9.55. The van der Waals surface area contributed by atoms with Gasteiger partial charge in [0, 0.05) is 51.0 Å². The Kier molecular flexibility index (Phi) is 6.85. The molecule has 0 atom stereocenters. The van der Waals surface area contributed by atoms with Crippen molar-refractivity contribution in [2.45, 2.75) is 32.2 Å². The molecule has 0 saturated carbocycles. The molecule has 7 nitrogen and oxygen atoms in total. The number of imidazole rings is 1. The molecule has 1 amide bonds. The summed E-state index contributed by atoms with van der Waals surface area (Å²) in [4.78, 5) is 25.6. The lowest BCUT2D eigenvalue weighted by atomic mass is 9.96. The van der Waals surface area contributed by atoms with Crippen molar-refractivity contribution in [2.75, 3.05) is 60.0 Å². The standard InChI is InChI=1S/C21H33N5O2S/c1-23-7-3-8-25(11-10-23)20(27)19-18(26-12-15-29-21(26)22-19)16-24(2)9-4-17-5-13-28-14-6-17/h12,15,17H,3-11,13-14,16H2,1-2H3. The minimum atomic E-state index is 0.0871. The van der Waals surface area contributed by atoms with Crippen molar-refractivity contribution < 1.29 is 9.53 Å². The third-order valence-corrected chi connectivity index (χ3v) is 7.01. The van der Waals surface area contributed by atoms with Gasteiger partial charge in [-0.3, -0.25) is 9.20 Å². The van der Waals surface area contributed by atoms with Crippen LogP contribution in [0.4, 0.5) is 0 Å². The van der Waals surface area contributed by atoms with Crippen LogP contribution in [0.25, 0.3) is 4.96 Å². The Balaban J connectivity index is 1.46. The number of fused-ring (bicyclic) bond motifs is 1. The Morgan fingerprint density at radius 1 is 1.28 bits per heavy atom. The van der Waals surface area contributed by atoms with Crippen LogP contribution in [0.3, 0.4) is 0 Å². The van der Waals surface area contributed by atoms with Gasteiger partial charge in [0.1, 0.15) is 0 Å². The summed E-state index contributed by atoms with van der Waals surface area (Å²) in [5, 5.41) is 2.04. The van der Waals surface area contributed by atoms with Crippen molar-refractivity contribution in [1.29, 1.82) is 0 Å². The molecule has 0 spiro atoms. The minimum absolute atomic E-state index is 0.0871. The average Bonchev–Trinajstić information content (AvgIpc) is 3.24. The van der Waals surface area contributed by atoms with E-state index in [4.69, 9.17) is 9.72 Å². The van der Waals surface area contributed by atoms with Gasteiger partial charge in [-0.1, -0.05) is 0 Å². The number of nitrogens with zero attached hydrogens (tertiary/aromatic N) is 5. The molecule has 2 aliphatic heterocycles. The zero-order valence-corrected chi connectivity index (χ0v) is 18.5. The van der Waals surface area contributed by atoms with E-state index in [2.05, 4.69) is 28.3 Å². The summed E-state index contributed by atoms with van der Waals surface area (Å²) in [6, 6.07) is 0. The van der Waals surface area contributed by atoms with E-state index in [1.165, 1.54) is 19.3 Å². The van der Waals surface area contributed by atoms with Crippen LogP contribution in [-0.4, -0.2) is 90.0 Å². The Hall–Kier alpha value is -1.48. The number of amides is 1. The zero-order valence-electron chi connectivity index (χ0n) is 17.7. The van der Waals surface area contributed by atoms with Crippen LogP contribution in [0.1, 0.15) is 41.9 Å². The Bertz CT molecular complexity index is 813. The second-order valence-corrected chi connectivity index (χ2v) is 9.37. The minimum Gasteiger partial charge on any atom is -0.381 e. The molecule has 4 rings (SSSR count). The van der Waals surface area contributed by atoms with Gasteiger partial charge >= 0.3 is 0 Å². The van der Waals surface area contributed by atoms with Gasteiger partial charge in [0.15, 0.2) is 10.7 Å². The van der Waals surface area contributed by atoms with Crippen LogP contribution in [0.15, 0.2) is 11.6 Å². The van der Waals surface area contributed by atoms with E-state index in [9.17, 15) is 4.79 Å². The molecule has 0 N–H and O–H groups in total. The third kappa shape index (κ3) is 4.99. The quantitative estimate of drug-likeness (QED) is 0.720. The molecule has 0 unspecified atom stereocenters. The summed E-state index contributed by atoms with van der Waals surface area (Å²) in [5.74, 6) is 0.844. The maximum Gasteiger partial charge on any atom is 0.274 e. The van der Waals surface area contributed by atoms with Gasteiger partial charge in [0.25, 0.3) is 5.91 Å². The number of hydrogen-bond donors (Lipinski definition) is 0. The zero-order chi connectivity index (χ0) is 20.2. The van der Waals surface area contributed by atoms with E-state index >= 15 is 0 Å². The van der Waals surface area contributed by atoms with Crippen LogP contribution in [0, 0.1) is 5.92 Å². The van der Waals surface area contributed by atoms with Gasteiger partial charge in [-0.2, -0.15) is 0 Å². The molecule has 2 aliphatic rings. The number of ether oxygens (including phenoxy) is 1. The smallest absolute Gasteiger partial charge is 0.274 e. The molecule has 2 aromatic rings. The summed E-state index contributed by atoms with van der Waals surface area (Å²) in [6.07, 6.45) is 6.59. The molecule has 4 heterocycles. The van der Waals surface area contributed by atoms with Crippen LogP contribution in [0.2, 0.25) is 0 Å². The predicted octanol–water partition coefficient (Wildman–Crippen LogP) is 2.42. The summed E-state index contributed by atoms with van der Waals surface area (Å²) in [7, 11) is 4.28. The van der Waals surface area contributed by atoms with Crippen molar-refractivity contribution in [3.05, 3.63) is 23.0 Å². The molecule has 0 radical (unpaired) electrons. The molecule has 2 saturated heterocycles. The van der Waals surface area contributed by atoms with Crippen LogP contribution in [0.5, 0.6) is 0 Å². The number of likely N-dealkylation sites (N-methyl/N-ethyl adjacent to an activating group) is 1. The fourth-order valence-electron chi connectivity index (χ4n) is 4.33. The van der Waals surface area contributed by atoms with E-state index in [1.54, 1.807) is 11.3 Å². The SMILES string of the molecule is CN1CCCN(C(=O)c2nc3sccn3c2CN(C)CCC2CCOCC2)CC1. The number of thiazole rings is 1. The fraction of sp³-hybridized carbons (Fsp3) is 0.714. The van der Waals surface area contributed by atoms with E-state index in [0.29, 0.717) is 5.69 Å². The lowest BCUT2D eigenvalue weighted by Gasteiger charge is -2.25. The van der Waals surface area contributed by atoms with Crippen molar-refractivity contribution in [2.24, 2.45) is 5.92 Å². The highest BCUT2D eigenvalue weighted by Gasteiger charge is 2.26. The second-order valence-electron chi connectivity index (χ2n) is 8.49. The lowest BCUT2D eigenvalue weighted by molar-refractivity contribution is 0.0606. The van der Waals surface area contributed by atoms with Gasteiger partial charge < -0.3 is 19.4 Å². The predicted molar refractivity (Wildman–Crippen MR) is 116 cm³/mol. The molecular formula is C21H33N5O2S. The first-order valence-corrected chi connectivity index (χ1v) is 11.7. The maximum absolute atomic E-state index is 13.3. The van der Waals surface area contributed by atoms with Crippen LogP contribution < -0.4 is 0 Å². The third-order valence-electron chi connectivity index (χ3n) is 6.25. The fourth-order valence-corrected chi connectivity index (χ4v) is 5.06. The van der Waals surface area contributed by atoms with E-state index in [1.807, 2.05) is 16.5 Å². The summed E-state index contributed by atoms with van der Waals surface area (Å²) >= 11 is 1.59. The Morgan fingerprint density at radius 3 is 2.93 bits per heavy atom. The number of carbonyl (C=O) groups excluding carboxylic acids is 1. The first kappa shape index (κ1) is 20.8. The Morgan fingerprint density at radius 2 is 2.10 bits per heavy atom. The van der Waals surface area contributed by atoms with Gasteiger partial charge in [0.05, 0.1) is 5.69 Å². The van der Waals surface area contributed by atoms with Crippen molar-refractivity contribution in [1.82, 2.24) is 24.1 Å². The van der Waals surface area contributed by atoms with Crippen molar-refractivity contribution in [3.63, 3.8) is 0 Å². The number of rotatable bonds is 6. The largest absolute Gasteiger partial charge is 0.381 e. The lowest BCUT2D eigenvalue weighted by Crippen LogP contribution is -2.35. The average molecular weight is 420 g/mol. The summed E-state index contributed by atoms with van der Waals surface area (Å²) in [5.41, 5.74) is 1.66. The molecule has 8 heteroatoms. The molecule has 2 aromatic heterocycles. The van der Waals surface area contributed by atoms with Gasteiger partial charge in [-0.15, -0.1) is 11.3 Å². The topological polar surface area (TPSA) is 53.3 Å². The van der Waals surface area contributed by atoms with Gasteiger partial charge in [-0.25, -0.2) is 4.98 Å². The number of carbonyl (C=O) groups is 1. The highest BCUT2D eigenvalue weighted by Crippen LogP contribution is 2.22. The monoisotopic (exact) mass is 419 g/mol. The maximum atomic E-state index is 13.3. The highest BCUT2D eigenvalue weighted by atomic mass is 32.1. The molecule has 2 fully saturated rings. The molecule has 29 heavy (non-hydrogen) atoms. The first-order chi connectivity index (χ1) is 14.1. The van der Waals surface area contributed by atoms with Gasteiger partial charge in [-0.05, 0) is 58.8 Å². The van der Waals surface area contributed by atoms with E-state index in [0.717, 1.165) is 75.5 Å². The Labute approximate surface area is 177 Å². The van der Waals surface area contributed by atoms with Crippen molar-refractivity contribution >= 4 is 22.2 Å². The molecule has 0 bridgehead atoms. The van der Waals surface area contributed by atoms with Crippen molar-refractivity contribution in [3.8, 4) is 0 Å². The van der Waals surface area contributed by atoms with E-state index in [-0.39, 0.29) is 5.91 Å². The molecule has 0 aliphatic carbocycles. The molecular weight excluding hydrogens is 386 g/mol. The normalized spacial score (nSPS) is 19.9. The van der Waals surface area contributed by atoms with Crippen LogP contribution in [-0.2, 0) is 11.3 Å². The first-order valence-electron chi connectivity index (χ1n) is 10.8. The number of hydrogen-bond acceptors (Lipinski definition) is 6. The molecule has 160 valence electrons. The van der Waals surface area contributed by atoms with Gasteiger partial charge in [0.2, 0.25) is 0 Å². The van der Waals surface area contributed by atoms with Crippen LogP contribution >= 0.6 is 11.3 Å². The van der Waals surface area contributed by atoms with E-state index < -0.39 is 0 Å². The summed E-state index contributed by atoms with van der Waals surface area (Å²) < 4.78 is 7.58. The summed E-state index contributed by atoms with van der Waals surface area (Å²) in [6.45, 7) is 7.14. The number of aromatic nitrogens is 2. The molecule has 0 aromatic carbocycles. The highest BCUT2D eigenvalue weighted by molar-refractivity contribution is 7.15.